The van der Waals surface area contributed by atoms with E-state index in [2.05, 4.69) is 28.4 Å². The number of fused-ring (bicyclic) bond motifs is 1. The molecule has 0 amide bonds. The van der Waals surface area contributed by atoms with Crippen molar-refractivity contribution in [1.82, 2.24) is 10.2 Å². The van der Waals surface area contributed by atoms with Crippen molar-refractivity contribution in [2.24, 2.45) is 0 Å². The molecule has 0 unspecified atom stereocenters. The Morgan fingerprint density at radius 2 is 1.39 bits per heavy atom. The van der Waals surface area contributed by atoms with Gasteiger partial charge in [-0.3, -0.25) is 0 Å². The summed E-state index contributed by atoms with van der Waals surface area (Å²) in [6, 6.07) is 22.2. The average molecular weight is 461 g/mol. The number of rotatable bonds is 10. The molecular weight excluding hydrogens is 432 g/mol. The molecule has 4 rings (SSSR count). The Labute approximate surface area is 195 Å². The zero-order valence-corrected chi connectivity index (χ0v) is 20.2. The molecule has 7 heteroatoms. The van der Waals surface area contributed by atoms with Crippen LogP contribution in [0.25, 0.3) is 39.8 Å². The van der Waals surface area contributed by atoms with Gasteiger partial charge in [0.15, 0.2) is 0 Å². The highest BCUT2D eigenvalue weighted by Gasteiger charge is 2.37. The molecule has 1 heterocycles. The highest BCUT2D eigenvalue weighted by Crippen LogP contribution is 2.30. The molecule has 0 aliphatic rings. The summed E-state index contributed by atoms with van der Waals surface area (Å²) in [5.74, 6) is 0.988. The maximum absolute atomic E-state index is 6.02. The fourth-order valence-corrected chi connectivity index (χ4v) is 5.81. The summed E-state index contributed by atoms with van der Waals surface area (Å²) in [7, 11) is -2.83. The fourth-order valence-electron chi connectivity index (χ4n) is 3.67. The molecule has 0 bridgehead atoms. The molecule has 0 spiro atoms. The Bertz CT molecular complexity index is 1200. The zero-order chi connectivity index (χ0) is 23.1. The van der Waals surface area contributed by atoms with Crippen molar-refractivity contribution in [3.63, 3.8) is 0 Å². The van der Waals surface area contributed by atoms with Crippen LogP contribution in [0.15, 0.2) is 76.8 Å². The molecule has 0 fully saturated rings. The first-order chi connectivity index (χ1) is 16.2. The van der Waals surface area contributed by atoms with E-state index in [9.17, 15) is 0 Å². The van der Waals surface area contributed by atoms with Crippen molar-refractivity contribution in [2.75, 3.05) is 19.8 Å². The maximum atomic E-state index is 6.02. The summed E-state index contributed by atoms with van der Waals surface area (Å²) in [5.41, 5.74) is 4.72. The molecule has 6 nitrogen and oxygen atoms in total. The summed E-state index contributed by atoms with van der Waals surface area (Å²) < 4.78 is 23.6. The largest absolute Gasteiger partial charge is 0.529 e. The third kappa shape index (κ3) is 5.28. The van der Waals surface area contributed by atoms with Gasteiger partial charge in [-0.1, -0.05) is 54.6 Å². The predicted octanol–water partition coefficient (Wildman–Crippen LogP) is 6.16. The Hall–Kier alpha value is -3.10. The lowest BCUT2D eigenvalue weighted by Crippen LogP contribution is -2.44. The van der Waals surface area contributed by atoms with Crippen LogP contribution in [0, 0.1) is 0 Å². The Morgan fingerprint density at radius 1 is 0.758 bits per heavy atom. The summed E-state index contributed by atoms with van der Waals surface area (Å²) in [6.07, 6.45) is 1.98. The first-order valence-corrected chi connectivity index (χ1v) is 13.0. The van der Waals surface area contributed by atoms with Crippen LogP contribution in [-0.4, -0.2) is 38.8 Å². The molecule has 0 aliphatic heterocycles. The molecule has 0 aliphatic carbocycles. The van der Waals surface area contributed by atoms with Crippen molar-refractivity contribution in [3.05, 3.63) is 78.0 Å². The van der Waals surface area contributed by atoms with Gasteiger partial charge in [-0.25, -0.2) is 0 Å². The minimum Gasteiger partial charge on any atom is -0.416 e. The number of aromatic nitrogens is 2. The van der Waals surface area contributed by atoms with E-state index >= 15 is 0 Å². The number of nitrogens with zero attached hydrogens (tertiary/aromatic N) is 2. The second-order valence-electron chi connectivity index (χ2n) is 7.30. The molecule has 3 aromatic carbocycles. The van der Waals surface area contributed by atoms with Gasteiger partial charge in [0.1, 0.15) is 0 Å². The maximum Gasteiger partial charge on any atom is 0.529 e. The highest BCUT2D eigenvalue weighted by atomic mass is 28.4. The van der Waals surface area contributed by atoms with E-state index in [-0.39, 0.29) is 0 Å². The van der Waals surface area contributed by atoms with E-state index in [0.717, 1.165) is 27.5 Å². The first kappa shape index (κ1) is 23.1. The third-order valence-corrected chi connectivity index (χ3v) is 7.77. The average Bonchev–Trinajstić information content (AvgIpc) is 3.33. The van der Waals surface area contributed by atoms with Gasteiger partial charge in [0, 0.05) is 30.9 Å². The lowest BCUT2D eigenvalue weighted by molar-refractivity contribution is 0.0845. The van der Waals surface area contributed by atoms with Crippen LogP contribution in [0.2, 0.25) is 0 Å². The van der Waals surface area contributed by atoms with Crippen molar-refractivity contribution >= 4 is 25.7 Å². The Kier molecular flexibility index (Phi) is 7.46. The van der Waals surface area contributed by atoms with Crippen molar-refractivity contribution in [1.29, 1.82) is 0 Å². The van der Waals surface area contributed by atoms with E-state index in [1.807, 2.05) is 81.1 Å². The van der Waals surface area contributed by atoms with Crippen LogP contribution < -0.4 is 0 Å². The minimum absolute atomic E-state index is 0.482. The van der Waals surface area contributed by atoms with Gasteiger partial charge in [-0.2, -0.15) is 0 Å². The lowest BCUT2D eigenvalue weighted by atomic mass is 10.0. The van der Waals surface area contributed by atoms with Gasteiger partial charge < -0.3 is 17.7 Å². The van der Waals surface area contributed by atoms with Crippen LogP contribution in [0.1, 0.15) is 26.3 Å². The molecule has 4 aromatic rings. The standard InChI is InChI=1S/C26H28N2O4Si/c1-4-29-33(30-5-2,31-6-3)19-18-20-14-16-22(17-15-20)25-27-28-26(32-25)24-13-9-11-21-10-7-8-12-23(21)24/h7-19H,4-6H2,1-3H3/b19-18+. The second-order valence-corrected chi connectivity index (χ2v) is 9.70. The fraction of sp³-hybridized carbons (Fsp3) is 0.231. The SMILES string of the molecule is CCO[Si](/C=C/c1ccc(-c2nnc(-c3cccc4ccccc34)o2)cc1)(OCC)OCC. The number of hydrogen-bond donors (Lipinski definition) is 0. The number of benzene rings is 3. The van der Waals surface area contributed by atoms with Crippen LogP contribution in [0.3, 0.4) is 0 Å². The van der Waals surface area contributed by atoms with Gasteiger partial charge in [0.05, 0.1) is 0 Å². The van der Waals surface area contributed by atoms with Gasteiger partial charge in [-0.05, 0) is 61.0 Å². The van der Waals surface area contributed by atoms with Gasteiger partial charge in [0.25, 0.3) is 0 Å². The number of hydrogen-bond acceptors (Lipinski definition) is 6. The second kappa shape index (κ2) is 10.7. The lowest BCUT2D eigenvalue weighted by Gasteiger charge is -2.25. The molecular formula is C26H28N2O4Si. The molecule has 170 valence electrons. The third-order valence-electron chi connectivity index (χ3n) is 5.12. The molecule has 1 aromatic heterocycles. The van der Waals surface area contributed by atoms with E-state index in [1.165, 1.54) is 0 Å². The van der Waals surface area contributed by atoms with Crippen LogP contribution >= 0.6 is 0 Å². The van der Waals surface area contributed by atoms with Gasteiger partial charge in [-0.15, -0.1) is 10.2 Å². The Balaban J connectivity index is 1.55. The van der Waals surface area contributed by atoms with E-state index in [0.29, 0.717) is 31.6 Å². The predicted molar refractivity (Wildman–Crippen MR) is 132 cm³/mol. The molecule has 0 saturated heterocycles. The zero-order valence-electron chi connectivity index (χ0n) is 19.2. The normalized spacial score (nSPS) is 12.1. The van der Waals surface area contributed by atoms with Crippen molar-refractivity contribution < 1.29 is 17.7 Å². The molecule has 0 atom stereocenters. The van der Waals surface area contributed by atoms with Crippen LogP contribution in [-0.2, 0) is 13.3 Å². The molecule has 0 N–H and O–H groups in total. The van der Waals surface area contributed by atoms with Crippen LogP contribution in [0.5, 0.6) is 0 Å². The first-order valence-electron chi connectivity index (χ1n) is 11.2. The minimum atomic E-state index is -2.83. The molecule has 0 saturated carbocycles. The van der Waals surface area contributed by atoms with Crippen LogP contribution in [0.4, 0.5) is 0 Å². The summed E-state index contributed by atoms with van der Waals surface area (Å²) in [6.45, 7) is 7.43. The smallest absolute Gasteiger partial charge is 0.416 e. The topological polar surface area (TPSA) is 66.6 Å². The molecule has 0 radical (unpaired) electrons. The Morgan fingerprint density at radius 3 is 2.09 bits per heavy atom. The van der Waals surface area contributed by atoms with Crippen molar-refractivity contribution in [2.45, 2.75) is 20.8 Å². The van der Waals surface area contributed by atoms with E-state index in [1.54, 1.807) is 0 Å². The van der Waals surface area contributed by atoms with E-state index in [4.69, 9.17) is 17.7 Å². The molecule has 33 heavy (non-hydrogen) atoms. The van der Waals surface area contributed by atoms with E-state index < -0.39 is 8.80 Å². The summed E-state index contributed by atoms with van der Waals surface area (Å²) >= 11 is 0. The summed E-state index contributed by atoms with van der Waals surface area (Å²) in [5, 5.41) is 10.8. The van der Waals surface area contributed by atoms with Gasteiger partial charge >= 0.3 is 8.80 Å². The van der Waals surface area contributed by atoms with Crippen molar-refractivity contribution in [3.8, 4) is 22.9 Å². The summed E-state index contributed by atoms with van der Waals surface area (Å²) in [4.78, 5) is 0. The highest BCUT2D eigenvalue weighted by molar-refractivity contribution is 6.67. The quantitative estimate of drug-likeness (QED) is 0.264. The monoisotopic (exact) mass is 460 g/mol. The van der Waals surface area contributed by atoms with Gasteiger partial charge in [0.2, 0.25) is 11.8 Å².